The molecule has 0 spiro atoms. The number of hydrogen-bond donors (Lipinski definition) is 1. The van der Waals surface area contributed by atoms with Crippen LogP contribution in [-0.4, -0.2) is 68.0 Å². The average molecular weight is 261 g/mol. The van der Waals surface area contributed by atoms with E-state index >= 15 is 0 Å². The minimum atomic E-state index is -0.120. The van der Waals surface area contributed by atoms with Gasteiger partial charge in [-0.2, -0.15) is 0 Å². The van der Waals surface area contributed by atoms with Crippen LogP contribution in [0.4, 0.5) is 0 Å². The van der Waals surface area contributed by atoms with Gasteiger partial charge >= 0.3 is 0 Å². The highest BCUT2D eigenvalue weighted by atomic mass is 16.7. The first kappa shape index (κ1) is 15.9. The Balaban J connectivity index is 2.31. The molecule has 1 aliphatic rings. The van der Waals surface area contributed by atoms with Crippen LogP contribution in [-0.2, 0) is 14.2 Å². The maximum Gasteiger partial charge on any atom is 0.158 e. The Morgan fingerprint density at radius 3 is 2.50 bits per heavy atom. The molecule has 0 amide bonds. The van der Waals surface area contributed by atoms with E-state index in [1.54, 1.807) is 0 Å². The van der Waals surface area contributed by atoms with Crippen LogP contribution in [0.5, 0.6) is 0 Å². The third kappa shape index (κ3) is 5.63. The van der Waals surface area contributed by atoms with Crippen LogP contribution < -0.4 is 0 Å². The second kappa shape index (κ2) is 8.82. The first-order chi connectivity index (χ1) is 8.69. The lowest BCUT2D eigenvalue weighted by molar-refractivity contribution is -0.148. The van der Waals surface area contributed by atoms with Crippen molar-refractivity contribution in [3.8, 4) is 0 Å². The monoisotopic (exact) mass is 261 g/mol. The molecule has 1 rings (SSSR count). The van der Waals surface area contributed by atoms with Gasteiger partial charge in [0.05, 0.1) is 18.8 Å². The summed E-state index contributed by atoms with van der Waals surface area (Å²) in [4.78, 5) is 2.31. The van der Waals surface area contributed by atoms with E-state index in [4.69, 9.17) is 14.2 Å². The minimum Gasteiger partial charge on any atom is -0.394 e. The Morgan fingerprint density at radius 1 is 1.28 bits per heavy atom. The number of rotatable bonds is 8. The van der Waals surface area contributed by atoms with Crippen LogP contribution in [0.15, 0.2) is 0 Å². The second-order valence-electron chi connectivity index (χ2n) is 4.64. The number of aliphatic hydroxyl groups excluding tert-OH is 1. The van der Waals surface area contributed by atoms with Gasteiger partial charge in [0.2, 0.25) is 0 Å². The van der Waals surface area contributed by atoms with E-state index in [-0.39, 0.29) is 25.1 Å². The van der Waals surface area contributed by atoms with E-state index < -0.39 is 0 Å². The smallest absolute Gasteiger partial charge is 0.158 e. The number of ether oxygens (including phenoxy) is 3. The minimum absolute atomic E-state index is 0.0635. The van der Waals surface area contributed by atoms with Crippen LogP contribution in [0, 0.1) is 0 Å². The molecule has 108 valence electrons. The summed E-state index contributed by atoms with van der Waals surface area (Å²) in [6, 6.07) is 0. The van der Waals surface area contributed by atoms with Crippen molar-refractivity contribution in [1.29, 1.82) is 0 Å². The highest BCUT2D eigenvalue weighted by Gasteiger charge is 2.25. The van der Waals surface area contributed by atoms with Crippen LogP contribution in [0.25, 0.3) is 0 Å². The molecule has 0 aromatic rings. The summed E-state index contributed by atoms with van der Waals surface area (Å²) in [6.45, 7) is 10.0. The molecular weight excluding hydrogens is 234 g/mol. The predicted octanol–water partition coefficient (Wildman–Crippen LogP) is 0.857. The molecule has 5 nitrogen and oxygen atoms in total. The number of nitrogens with zero attached hydrogens (tertiary/aromatic N) is 1. The molecule has 1 heterocycles. The highest BCUT2D eigenvalue weighted by Crippen LogP contribution is 2.12. The third-order valence-electron chi connectivity index (χ3n) is 2.99. The zero-order valence-corrected chi connectivity index (χ0v) is 11.8. The van der Waals surface area contributed by atoms with Crippen molar-refractivity contribution in [3.05, 3.63) is 0 Å². The Kier molecular flexibility index (Phi) is 7.77. The first-order valence-corrected chi connectivity index (χ1v) is 6.91. The van der Waals surface area contributed by atoms with Gasteiger partial charge in [0.15, 0.2) is 6.29 Å². The molecule has 1 aliphatic heterocycles. The van der Waals surface area contributed by atoms with Gasteiger partial charge in [-0.05, 0) is 20.8 Å². The maximum absolute atomic E-state index is 9.17. The number of aliphatic hydroxyl groups is 1. The van der Waals surface area contributed by atoms with Crippen molar-refractivity contribution in [3.63, 3.8) is 0 Å². The van der Waals surface area contributed by atoms with E-state index in [1.165, 1.54) is 0 Å². The third-order valence-corrected chi connectivity index (χ3v) is 2.99. The van der Waals surface area contributed by atoms with Crippen molar-refractivity contribution in [2.75, 3.05) is 39.5 Å². The highest BCUT2D eigenvalue weighted by molar-refractivity contribution is 4.75. The van der Waals surface area contributed by atoms with Gasteiger partial charge in [-0.25, -0.2) is 0 Å². The average Bonchev–Trinajstić information content (AvgIpc) is 2.36. The molecule has 0 aromatic heterocycles. The molecule has 1 fully saturated rings. The number of morpholine rings is 1. The Labute approximate surface area is 110 Å². The van der Waals surface area contributed by atoms with Crippen LogP contribution >= 0.6 is 0 Å². The summed E-state index contributed by atoms with van der Waals surface area (Å²) in [5, 5.41) is 9.17. The van der Waals surface area contributed by atoms with Gasteiger partial charge in [0.1, 0.15) is 0 Å². The summed E-state index contributed by atoms with van der Waals surface area (Å²) in [5.41, 5.74) is 0. The van der Waals surface area contributed by atoms with E-state index in [0.29, 0.717) is 13.2 Å². The topological polar surface area (TPSA) is 51.2 Å². The molecule has 1 saturated heterocycles. The lowest BCUT2D eigenvalue weighted by Gasteiger charge is -2.36. The molecule has 2 atom stereocenters. The fraction of sp³-hybridized carbons (Fsp3) is 1.00. The van der Waals surface area contributed by atoms with E-state index in [0.717, 1.165) is 26.1 Å². The molecule has 0 bridgehead atoms. The molecule has 18 heavy (non-hydrogen) atoms. The van der Waals surface area contributed by atoms with E-state index in [9.17, 15) is 5.11 Å². The van der Waals surface area contributed by atoms with Gasteiger partial charge in [0, 0.05) is 39.3 Å². The van der Waals surface area contributed by atoms with Crippen molar-refractivity contribution in [2.45, 2.75) is 45.7 Å². The quantitative estimate of drug-likeness (QED) is 0.657. The van der Waals surface area contributed by atoms with Gasteiger partial charge < -0.3 is 19.3 Å². The van der Waals surface area contributed by atoms with E-state index in [1.807, 2.05) is 20.8 Å². The van der Waals surface area contributed by atoms with Crippen molar-refractivity contribution >= 4 is 0 Å². The van der Waals surface area contributed by atoms with Gasteiger partial charge in [-0.1, -0.05) is 0 Å². The molecular formula is C13H27NO4. The second-order valence-corrected chi connectivity index (χ2v) is 4.64. The van der Waals surface area contributed by atoms with Crippen molar-refractivity contribution in [1.82, 2.24) is 4.90 Å². The molecule has 2 unspecified atom stereocenters. The lowest BCUT2D eigenvalue weighted by atomic mass is 10.2. The standard InChI is InChI=1S/C13H27NO4/c1-4-16-13(17-5-2)6-7-14-8-11(3)18-12(9-14)10-15/h11-13,15H,4-10H2,1-3H3. The van der Waals surface area contributed by atoms with Gasteiger partial charge in [0.25, 0.3) is 0 Å². The van der Waals surface area contributed by atoms with Crippen molar-refractivity contribution < 1.29 is 19.3 Å². The first-order valence-electron chi connectivity index (χ1n) is 6.91. The molecule has 0 aliphatic carbocycles. The SMILES string of the molecule is CCOC(CCN1CC(C)OC(CO)C1)OCC. The summed E-state index contributed by atoms with van der Waals surface area (Å²) in [7, 11) is 0. The molecule has 1 N–H and O–H groups in total. The Hall–Kier alpha value is -0.200. The summed E-state index contributed by atoms with van der Waals surface area (Å²) >= 11 is 0. The lowest BCUT2D eigenvalue weighted by Crippen LogP contribution is -2.48. The van der Waals surface area contributed by atoms with Crippen LogP contribution in [0.1, 0.15) is 27.2 Å². The van der Waals surface area contributed by atoms with Gasteiger partial charge in [-0.3, -0.25) is 4.90 Å². The molecule has 0 aromatic carbocycles. The van der Waals surface area contributed by atoms with E-state index in [2.05, 4.69) is 4.90 Å². The van der Waals surface area contributed by atoms with Crippen molar-refractivity contribution in [2.24, 2.45) is 0 Å². The number of hydrogen-bond acceptors (Lipinski definition) is 5. The Bertz CT molecular complexity index is 209. The normalized spacial score (nSPS) is 25.8. The fourth-order valence-corrected chi connectivity index (χ4v) is 2.30. The molecule has 5 heteroatoms. The largest absolute Gasteiger partial charge is 0.394 e. The Morgan fingerprint density at radius 2 is 1.94 bits per heavy atom. The zero-order valence-electron chi connectivity index (χ0n) is 11.8. The fourth-order valence-electron chi connectivity index (χ4n) is 2.30. The summed E-state index contributed by atoms with van der Waals surface area (Å²) < 4.78 is 16.7. The predicted molar refractivity (Wildman–Crippen MR) is 69.5 cm³/mol. The summed E-state index contributed by atoms with van der Waals surface area (Å²) in [6.07, 6.45) is 0.845. The zero-order chi connectivity index (χ0) is 13.4. The van der Waals surface area contributed by atoms with Crippen LogP contribution in [0.2, 0.25) is 0 Å². The molecule has 0 saturated carbocycles. The van der Waals surface area contributed by atoms with Crippen LogP contribution in [0.3, 0.4) is 0 Å². The maximum atomic E-state index is 9.17. The van der Waals surface area contributed by atoms with Gasteiger partial charge in [-0.15, -0.1) is 0 Å². The summed E-state index contributed by atoms with van der Waals surface area (Å²) in [5.74, 6) is 0. The molecule has 0 radical (unpaired) electrons.